The quantitative estimate of drug-likeness (QED) is 0.400. The lowest BCUT2D eigenvalue weighted by molar-refractivity contribution is 0.183. The largest absolute Gasteiger partial charge is 0.492 e. The van der Waals surface area contributed by atoms with Gasteiger partial charge in [0.15, 0.2) is 0 Å². The Bertz CT molecular complexity index is 1030. The molecule has 0 aliphatic carbocycles. The van der Waals surface area contributed by atoms with E-state index in [1.54, 1.807) is 0 Å². The molecule has 3 aromatic rings. The minimum atomic E-state index is 0.730. The zero-order valence-electron chi connectivity index (χ0n) is 20.9. The topological polar surface area (TPSA) is 37.8 Å². The Kier molecular flexibility index (Phi) is 7.51. The van der Waals surface area contributed by atoms with Crippen molar-refractivity contribution in [2.24, 2.45) is 0 Å². The number of hydrogen-bond donors (Lipinski definition) is 0. The molecule has 0 radical (unpaired) electrons. The first kappa shape index (κ1) is 23.4. The summed E-state index contributed by atoms with van der Waals surface area (Å²) in [6.07, 6.45) is 7.99. The highest BCUT2D eigenvalue weighted by Crippen LogP contribution is 2.32. The molecule has 0 bridgehead atoms. The van der Waals surface area contributed by atoms with Crippen LogP contribution >= 0.6 is 0 Å². The van der Waals surface area contributed by atoms with Crippen molar-refractivity contribution in [1.29, 1.82) is 0 Å². The van der Waals surface area contributed by atoms with Crippen molar-refractivity contribution in [1.82, 2.24) is 14.8 Å². The molecule has 0 amide bonds. The van der Waals surface area contributed by atoms with E-state index in [9.17, 15) is 0 Å². The summed E-state index contributed by atoms with van der Waals surface area (Å²) in [7, 11) is 0. The van der Waals surface area contributed by atoms with Crippen LogP contribution in [0.2, 0.25) is 0 Å². The zero-order valence-corrected chi connectivity index (χ0v) is 20.9. The van der Waals surface area contributed by atoms with Gasteiger partial charge < -0.3 is 9.47 Å². The van der Waals surface area contributed by atoms with Crippen molar-refractivity contribution in [3.63, 3.8) is 0 Å². The fourth-order valence-corrected chi connectivity index (χ4v) is 5.46. The highest BCUT2D eigenvalue weighted by atomic mass is 16.5. The molecule has 2 aliphatic rings. The van der Waals surface area contributed by atoms with Crippen LogP contribution in [0.3, 0.4) is 0 Å². The number of pyridine rings is 1. The maximum Gasteiger partial charge on any atom is 0.124 e. The summed E-state index contributed by atoms with van der Waals surface area (Å²) >= 11 is 0. The Hall–Kier alpha value is -2.37. The van der Waals surface area contributed by atoms with Crippen molar-refractivity contribution in [3.05, 3.63) is 41.5 Å². The number of nitrogens with zero attached hydrogens (tertiary/aromatic N) is 3. The van der Waals surface area contributed by atoms with Crippen LogP contribution in [-0.2, 0) is 0 Å². The molecule has 34 heavy (non-hydrogen) atoms. The lowest BCUT2D eigenvalue weighted by Gasteiger charge is -2.26. The van der Waals surface area contributed by atoms with Crippen molar-refractivity contribution in [2.75, 3.05) is 52.5 Å². The molecule has 0 unspecified atom stereocenters. The van der Waals surface area contributed by atoms with E-state index in [1.807, 2.05) is 0 Å². The first-order chi connectivity index (χ1) is 16.7. The summed E-state index contributed by atoms with van der Waals surface area (Å²) in [6.45, 7) is 12.5. The average Bonchev–Trinajstić information content (AvgIpc) is 2.87. The molecule has 2 aromatic carbocycles. The monoisotopic (exact) mass is 461 g/mol. The Morgan fingerprint density at radius 1 is 0.647 bits per heavy atom. The van der Waals surface area contributed by atoms with Crippen LogP contribution in [0.4, 0.5) is 0 Å². The number of likely N-dealkylation sites (tertiary alicyclic amines) is 2. The molecule has 3 heterocycles. The third kappa shape index (κ3) is 5.31. The van der Waals surface area contributed by atoms with Gasteiger partial charge in [0.2, 0.25) is 0 Å². The minimum absolute atomic E-state index is 0.730. The first-order valence-electron chi connectivity index (χ1n) is 13.2. The Morgan fingerprint density at radius 3 is 1.53 bits per heavy atom. The van der Waals surface area contributed by atoms with E-state index in [4.69, 9.17) is 14.5 Å². The van der Waals surface area contributed by atoms with Crippen LogP contribution in [0.5, 0.6) is 11.5 Å². The number of aryl methyl sites for hydroxylation is 2. The van der Waals surface area contributed by atoms with Gasteiger partial charge in [-0.3, -0.25) is 9.80 Å². The van der Waals surface area contributed by atoms with E-state index in [1.165, 1.54) is 64.7 Å². The lowest BCUT2D eigenvalue weighted by Crippen LogP contribution is -2.33. The van der Waals surface area contributed by atoms with Gasteiger partial charge in [0, 0.05) is 35.0 Å². The molecule has 2 aliphatic heterocycles. The predicted octanol–water partition coefficient (Wildman–Crippen LogP) is 5.73. The van der Waals surface area contributed by atoms with Crippen LogP contribution in [-0.4, -0.2) is 67.3 Å². The van der Waals surface area contributed by atoms with Crippen molar-refractivity contribution >= 4 is 21.8 Å². The van der Waals surface area contributed by atoms with Gasteiger partial charge in [-0.15, -0.1) is 0 Å². The highest BCUT2D eigenvalue weighted by Gasteiger charge is 2.14. The second kappa shape index (κ2) is 10.9. The number of rotatable bonds is 8. The molecule has 2 fully saturated rings. The smallest absolute Gasteiger partial charge is 0.124 e. The molecular formula is C29H39N3O2. The van der Waals surface area contributed by atoms with Crippen LogP contribution < -0.4 is 9.47 Å². The predicted molar refractivity (Wildman–Crippen MR) is 140 cm³/mol. The fourth-order valence-electron chi connectivity index (χ4n) is 5.46. The summed E-state index contributed by atoms with van der Waals surface area (Å²) in [5.41, 5.74) is 4.29. The summed E-state index contributed by atoms with van der Waals surface area (Å²) < 4.78 is 12.4. The van der Waals surface area contributed by atoms with E-state index in [0.717, 1.165) is 70.7 Å². The van der Waals surface area contributed by atoms with Gasteiger partial charge in [-0.25, -0.2) is 4.98 Å². The molecule has 5 heteroatoms. The van der Waals surface area contributed by atoms with Crippen LogP contribution in [0, 0.1) is 13.8 Å². The molecule has 5 nitrogen and oxygen atoms in total. The average molecular weight is 462 g/mol. The van der Waals surface area contributed by atoms with Gasteiger partial charge >= 0.3 is 0 Å². The number of hydrogen-bond acceptors (Lipinski definition) is 5. The van der Waals surface area contributed by atoms with Crippen LogP contribution in [0.15, 0.2) is 30.3 Å². The second-order valence-electron chi connectivity index (χ2n) is 10.0. The summed E-state index contributed by atoms with van der Waals surface area (Å²) in [4.78, 5) is 10.1. The standard InChI is InChI=1S/C29H39N3O2/c1-22-26(33-19-17-31-13-5-3-6-14-31)11-9-24-21-25-10-12-27(23(2)29(25)30-28(22)24)34-20-18-32-15-7-4-8-16-32/h9-12,21H,3-8,13-20H2,1-2H3. The summed E-state index contributed by atoms with van der Waals surface area (Å²) in [5, 5.41) is 2.32. The minimum Gasteiger partial charge on any atom is -0.492 e. The van der Waals surface area contributed by atoms with Gasteiger partial charge in [-0.05, 0) is 96.0 Å². The van der Waals surface area contributed by atoms with Gasteiger partial charge in [-0.2, -0.15) is 0 Å². The van der Waals surface area contributed by atoms with Gasteiger partial charge in [0.1, 0.15) is 24.7 Å². The molecule has 0 spiro atoms. The number of benzene rings is 2. The second-order valence-corrected chi connectivity index (χ2v) is 10.0. The Balaban J connectivity index is 1.30. The van der Waals surface area contributed by atoms with Gasteiger partial charge in [0.05, 0.1) is 11.0 Å². The van der Waals surface area contributed by atoms with E-state index in [-0.39, 0.29) is 0 Å². The van der Waals surface area contributed by atoms with E-state index in [2.05, 4.69) is 54.0 Å². The van der Waals surface area contributed by atoms with Gasteiger partial charge in [-0.1, -0.05) is 12.8 Å². The zero-order chi connectivity index (χ0) is 23.3. The molecule has 0 N–H and O–H groups in total. The maximum absolute atomic E-state index is 6.21. The Morgan fingerprint density at radius 2 is 1.09 bits per heavy atom. The number of fused-ring (bicyclic) bond motifs is 2. The molecule has 0 atom stereocenters. The van der Waals surface area contributed by atoms with Crippen molar-refractivity contribution in [2.45, 2.75) is 52.4 Å². The van der Waals surface area contributed by atoms with Gasteiger partial charge in [0.25, 0.3) is 0 Å². The number of piperidine rings is 2. The third-order valence-electron chi connectivity index (χ3n) is 7.59. The molecular weight excluding hydrogens is 422 g/mol. The number of ether oxygens (including phenoxy) is 2. The van der Waals surface area contributed by atoms with E-state index >= 15 is 0 Å². The third-order valence-corrected chi connectivity index (χ3v) is 7.59. The normalized spacial score (nSPS) is 17.9. The molecule has 0 saturated carbocycles. The lowest BCUT2D eigenvalue weighted by atomic mass is 10.0. The van der Waals surface area contributed by atoms with Crippen LogP contribution in [0.25, 0.3) is 21.8 Å². The number of aromatic nitrogens is 1. The summed E-state index contributed by atoms with van der Waals surface area (Å²) in [5.74, 6) is 1.89. The van der Waals surface area contributed by atoms with E-state index < -0.39 is 0 Å². The molecule has 182 valence electrons. The highest BCUT2D eigenvalue weighted by molar-refractivity contribution is 5.96. The molecule has 2 saturated heterocycles. The van der Waals surface area contributed by atoms with E-state index in [0.29, 0.717) is 0 Å². The van der Waals surface area contributed by atoms with Crippen LogP contribution in [0.1, 0.15) is 49.7 Å². The van der Waals surface area contributed by atoms with Crippen molar-refractivity contribution < 1.29 is 9.47 Å². The van der Waals surface area contributed by atoms with Crippen molar-refractivity contribution in [3.8, 4) is 11.5 Å². The molecule has 5 rings (SSSR count). The SMILES string of the molecule is Cc1c(OCCN2CCCCC2)ccc2cc3ccc(OCCN4CCCCC4)c(C)c3nc12. The first-order valence-corrected chi connectivity index (χ1v) is 13.2. The Labute approximate surface area is 204 Å². The summed E-state index contributed by atoms with van der Waals surface area (Å²) in [6, 6.07) is 10.7. The molecule has 1 aromatic heterocycles. The maximum atomic E-state index is 6.21. The fraction of sp³-hybridized carbons (Fsp3) is 0.552.